The molecule has 0 spiro atoms. The van der Waals surface area contributed by atoms with Crippen molar-refractivity contribution >= 4 is 52.3 Å². The molecule has 0 unspecified atom stereocenters. The van der Waals surface area contributed by atoms with Crippen LogP contribution >= 0.6 is 35.1 Å². The van der Waals surface area contributed by atoms with Crippen LogP contribution in [-0.4, -0.2) is 5.84 Å². The quantitative estimate of drug-likeness (QED) is 0.394. The standard InChI is InChI=1S/C25H15ClN4S2/c26-15-11-9-14(10-12-15)21-16(13-27)25-30(18-6-2-4-8-20(18)32-25)23(28)22(21)24-29-17-5-1-3-7-19(17)31-24/h1-12,21,28-29H/b24-22+,28-23?/t21-/m0/s1. The summed E-state index contributed by atoms with van der Waals surface area (Å²) >= 11 is 9.33. The van der Waals surface area contributed by atoms with Crippen LogP contribution in [-0.2, 0) is 0 Å². The van der Waals surface area contributed by atoms with Gasteiger partial charge in [-0.2, -0.15) is 5.26 Å². The van der Waals surface area contributed by atoms with Gasteiger partial charge in [-0.25, -0.2) is 0 Å². The maximum Gasteiger partial charge on any atom is 0.137 e. The average molecular weight is 471 g/mol. The third-order valence-electron chi connectivity index (χ3n) is 5.72. The molecule has 0 aliphatic carbocycles. The van der Waals surface area contributed by atoms with Gasteiger partial charge in [0.25, 0.3) is 0 Å². The second kappa shape index (κ2) is 7.49. The normalized spacial score (nSPS) is 21.1. The molecule has 0 aromatic heterocycles. The van der Waals surface area contributed by atoms with E-state index >= 15 is 0 Å². The predicted molar refractivity (Wildman–Crippen MR) is 132 cm³/mol. The molecule has 2 N–H and O–H groups in total. The fourth-order valence-corrected chi connectivity index (χ4v) is 6.67. The fraction of sp³-hybridized carbons (Fsp3) is 0.0400. The molecule has 3 aliphatic rings. The zero-order chi connectivity index (χ0) is 21.8. The first-order chi connectivity index (χ1) is 15.7. The maximum atomic E-state index is 10.3. The first-order valence-corrected chi connectivity index (χ1v) is 12.0. The molecule has 3 aromatic carbocycles. The van der Waals surface area contributed by atoms with Crippen molar-refractivity contribution in [1.29, 1.82) is 10.7 Å². The van der Waals surface area contributed by atoms with Crippen LogP contribution in [0.25, 0.3) is 0 Å². The van der Waals surface area contributed by atoms with E-state index < -0.39 is 0 Å². The van der Waals surface area contributed by atoms with Crippen molar-refractivity contribution in [1.82, 2.24) is 0 Å². The number of nitrogens with zero attached hydrogens (tertiary/aromatic N) is 2. The summed E-state index contributed by atoms with van der Waals surface area (Å²) in [6, 6.07) is 26.2. The summed E-state index contributed by atoms with van der Waals surface area (Å²) in [5, 5.41) is 25.5. The molecule has 154 valence electrons. The zero-order valence-electron chi connectivity index (χ0n) is 16.6. The molecular weight excluding hydrogens is 456 g/mol. The van der Waals surface area contributed by atoms with E-state index in [0.29, 0.717) is 16.4 Å². The molecule has 0 bridgehead atoms. The molecular formula is C25H15ClN4S2. The van der Waals surface area contributed by atoms with Crippen molar-refractivity contribution < 1.29 is 0 Å². The van der Waals surface area contributed by atoms with Gasteiger partial charge in [0, 0.05) is 20.4 Å². The van der Waals surface area contributed by atoms with E-state index in [9.17, 15) is 10.7 Å². The lowest BCUT2D eigenvalue weighted by Crippen LogP contribution is -2.37. The van der Waals surface area contributed by atoms with Gasteiger partial charge in [-0.3, -0.25) is 10.3 Å². The maximum absolute atomic E-state index is 10.3. The van der Waals surface area contributed by atoms with E-state index in [4.69, 9.17) is 11.6 Å². The highest BCUT2D eigenvalue weighted by molar-refractivity contribution is 8.04. The number of thioether (sulfide) groups is 2. The lowest BCUT2D eigenvalue weighted by molar-refractivity contribution is 0.940. The SMILES string of the molecule is N#CC1=C2Sc3ccccc3N2C(=N)/C(=C2\Nc3ccccc3S2)[C@H]1c1ccc(Cl)cc1. The molecule has 32 heavy (non-hydrogen) atoms. The summed E-state index contributed by atoms with van der Waals surface area (Å²) in [6.07, 6.45) is 0. The number of halogens is 1. The molecule has 1 atom stereocenters. The Morgan fingerprint density at radius 3 is 2.41 bits per heavy atom. The van der Waals surface area contributed by atoms with Gasteiger partial charge in [0.15, 0.2) is 0 Å². The molecule has 3 heterocycles. The van der Waals surface area contributed by atoms with Gasteiger partial charge in [0.2, 0.25) is 0 Å². The monoisotopic (exact) mass is 470 g/mol. The number of benzene rings is 3. The van der Waals surface area contributed by atoms with Gasteiger partial charge in [-0.1, -0.05) is 71.5 Å². The number of anilines is 2. The molecule has 3 aliphatic heterocycles. The Hall–Kier alpha value is -3.11. The van der Waals surface area contributed by atoms with Crippen LogP contribution in [0.15, 0.2) is 104 Å². The number of rotatable bonds is 1. The lowest BCUT2D eigenvalue weighted by Gasteiger charge is -2.35. The Kier molecular flexibility index (Phi) is 4.58. The zero-order valence-corrected chi connectivity index (χ0v) is 19.0. The molecule has 4 nitrogen and oxygen atoms in total. The molecule has 0 saturated carbocycles. The van der Waals surface area contributed by atoms with Gasteiger partial charge in [0.05, 0.1) is 34.0 Å². The smallest absolute Gasteiger partial charge is 0.137 e. The van der Waals surface area contributed by atoms with Crippen molar-refractivity contribution in [3.05, 3.63) is 105 Å². The summed E-state index contributed by atoms with van der Waals surface area (Å²) in [5.74, 6) is 0.0290. The minimum absolute atomic E-state index is 0.359. The molecule has 7 heteroatoms. The Balaban J connectivity index is 1.61. The lowest BCUT2D eigenvalue weighted by atomic mass is 9.82. The second-order valence-corrected chi connectivity index (χ2v) is 10.1. The summed E-state index contributed by atoms with van der Waals surface area (Å²) in [7, 11) is 0. The number of hydrogen-bond donors (Lipinski definition) is 2. The number of nitrogens with one attached hydrogen (secondary N) is 2. The Morgan fingerprint density at radius 1 is 0.938 bits per heavy atom. The van der Waals surface area contributed by atoms with Crippen LogP contribution in [0.2, 0.25) is 5.02 Å². The number of fused-ring (bicyclic) bond motifs is 4. The average Bonchev–Trinajstić information content (AvgIpc) is 3.41. The van der Waals surface area contributed by atoms with Gasteiger partial charge < -0.3 is 5.32 Å². The van der Waals surface area contributed by atoms with Crippen LogP contribution in [0.1, 0.15) is 11.5 Å². The van der Waals surface area contributed by atoms with Crippen LogP contribution < -0.4 is 10.2 Å². The fourth-order valence-electron chi connectivity index (χ4n) is 4.29. The second-order valence-electron chi connectivity index (χ2n) is 7.54. The van der Waals surface area contributed by atoms with Crippen LogP contribution in [0, 0.1) is 16.7 Å². The first kappa shape index (κ1) is 19.6. The number of para-hydroxylation sites is 2. The molecule has 0 fully saturated rings. The van der Waals surface area contributed by atoms with Gasteiger partial charge in [0.1, 0.15) is 10.9 Å². The van der Waals surface area contributed by atoms with Crippen LogP contribution in [0.3, 0.4) is 0 Å². The highest BCUT2D eigenvalue weighted by atomic mass is 35.5. The number of nitriles is 1. The van der Waals surface area contributed by atoms with E-state index in [0.717, 1.165) is 42.4 Å². The molecule has 0 saturated heterocycles. The minimum Gasteiger partial charge on any atom is -0.349 e. The van der Waals surface area contributed by atoms with Crippen LogP contribution in [0.5, 0.6) is 0 Å². The molecule has 6 rings (SSSR count). The van der Waals surface area contributed by atoms with E-state index in [1.807, 2.05) is 71.6 Å². The predicted octanol–water partition coefficient (Wildman–Crippen LogP) is 7.19. The highest BCUT2D eigenvalue weighted by Gasteiger charge is 2.44. The summed E-state index contributed by atoms with van der Waals surface area (Å²) in [4.78, 5) is 4.08. The minimum atomic E-state index is -0.359. The van der Waals surface area contributed by atoms with Crippen LogP contribution in [0.4, 0.5) is 11.4 Å². The van der Waals surface area contributed by atoms with Crippen molar-refractivity contribution in [3.63, 3.8) is 0 Å². The molecule has 0 amide bonds. The summed E-state index contributed by atoms with van der Waals surface area (Å²) in [5.41, 5.74) is 4.35. The van der Waals surface area contributed by atoms with Crippen molar-refractivity contribution in [2.45, 2.75) is 15.7 Å². The van der Waals surface area contributed by atoms with Crippen molar-refractivity contribution in [2.75, 3.05) is 10.2 Å². The highest BCUT2D eigenvalue weighted by Crippen LogP contribution is 2.56. The Bertz CT molecular complexity index is 1370. The summed E-state index contributed by atoms with van der Waals surface area (Å²) in [6.45, 7) is 0. The van der Waals surface area contributed by atoms with Crippen molar-refractivity contribution in [2.24, 2.45) is 0 Å². The van der Waals surface area contributed by atoms with Gasteiger partial charge in [-0.15, -0.1) is 0 Å². The van der Waals surface area contributed by atoms with E-state index in [2.05, 4.69) is 17.5 Å². The number of hydrogen-bond acceptors (Lipinski definition) is 5. The van der Waals surface area contributed by atoms with E-state index in [-0.39, 0.29) is 5.92 Å². The van der Waals surface area contributed by atoms with Crippen molar-refractivity contribution in [3.8, 4) is 6.07 Å². The van der Waals surface area contributed by atoms with E-state index in [1.165, 1.54) is 0 Å². The third-order valence-corrected chi connectivity index (χ3v) is 8.23. The largest absolute Gasteiger partial charge is 0.349 e. The topological polar surface area (TPSA) is 62.9 Å². The summed E-state index contributed by atoms with van der Waals surface area (Å²) < 4.78 is 0. The number of amidine groups is 1. The van der Waals surface area contributed by atoms with E-state index in [1.54, 1.807) is 23.5 Å². The van der Waals surface area contributed by atoms with Gasteiger partial charge >= 0.3 is 0 Å². The molecule has 3 aromatic rings. The Labute approximate surface area is 199 Å². The molecule has 0 radical (unpaired) electrons. The van der Waals surface area contributed by atoms with Gasteiger partial charge in [-0.05, 0) is 42.0 Å². The number of allylic oxidation sites excluding steroid dienone is 1. The first-order valence-electron chi connectivity index (χ1n) is 9.99. The third kappa shape index (κ3) is 2.90. The Morgan fingerprint density at radius 2 is 1.66 bits per heavy atom.